The van der Waals surface area contributed by atoms with Crippen LogP contribution in [-0.4, -0.2) is 12.6 Å². The molecule has 0 heterocycles. The van der Waals surface area contributed by atoms with Crippen LogP contribution in [0.3, 0.4) is 0 Å². The van der Waals surface area contributed by atoms with Gasteiger partial charge in [-0.25, -0.2) is 0 Å². The molecule has 0 aromatic heterocycles. The first-order valence-electron chi connectivity index (χ1n) is 6.27. The molecule has 2 rings (SSSR count). The van der Waals surface area contributed by atoms with E-state index in [-0.39, 0.29) is 0 Å². The number of benzene rings is 1. The van der Waals surface area contributed by atoms with Gasteiger partial charge in [0.25, 0.3) is 0 Å². The van der Waals surface area contributed by atoms with Crippen molar-refractivity contribution in [1.29, 1.82) is 0 Å². The Balaban J connectivity index is 1.96. The third-order valence-electron chi connectivity index (χ3n) is 3.55. The van der Waals surface area contributed by atoms with Gasteiger partial charge in [-0.05, 0) is 49.4 Å². The predicted molar refractivity (Wildman–Crippen MR) is 72.7 cm³/mol. The van der Waals surface area contributed by atoms with Crippen LogP contribution in [0.1, 0.15) is 31.7 Å². The monoisotopic (exact) mass is 281 g/mol. The van der Waals surface area contributed by atoms with Crippen LogP contribution in [0.15, 0.2) is 28.7 Å². The number of hydrogen-bond donors (Lipinski definition) is 1. The molecule has 1 aliphatic rings. The third kappa shape index (κ3) is 3.08. The number of hydrogen-bond acceptors (Lipinski definition) is 1. The molecule has 1 nitrogen and oxygen atoms in total. The van der Waals surface area contributed by atoms with E-state index in [9.17, 15) is 0 Å². The van der Waals surface area contributed by atoms with Crippen molar-refractivity contribution >= 4 is 15.9 Å². The lowest BCUT2D eigenvalue weighted by Crippen LogP contribution is -2.41. The molecular weight excluding hydrogens is 262 g/mol. The fourth-order valence-corrected chi connectivity index (χ4v) is 2.65. The highest BCUT2D eigenvalue weighted by atomic mass is 79.9. The molecule has 1 aromatic rings. The lowest BCUT2D eigenvalue weighted by atomic mass is 9.77. The fraction of sp³-hybridized carbons (Fsp3) is 0.571. The van der Waals surface area contributed by atoms with Crippen molar-refractivity contribution in [2.24, 2.45) is 5.92 Å². The Hall–Kier alpha value is -0.340. The summed E-state index contributed by atoms with van der Waals surface area (Å²) in [7, 11) is 0. The number of likely N-dealkylation sites (N-methyl/N-ethyl adjacent to an activating group) is 1. The molecule has 0 aliphatic heterocycles. The Labute approximate surface area is 107 Å². The first kappa shape index (κ1) is 12.1. The van der Waals surface area contributed by atoms with Crippen molar-refractivity contribution in [1.82, 2.24) is 5.32 Å². The smallest absolute Gasteiger partial charge is 0.0175 e. The molecule has 0 spiro atoms. The van der Waals surface area contributed by atoms with E-state index in [2.05, 4.69) is 52.4 Å². The molecule has 1 aliphatic carbocycles. The Morgan fingerprint density at radius 2 is 2.00 bits per heavy atom. The van der Waals surface area contributed by atoms with Gasteiger partial charge in [0, 0.05) is 10.5 Å². The van der Waals surface area contributed by atoms with Gasteiger partial charge < -0.3 is 5.32 Å². The van der Waals surface area contributed by atoms with Crippen LogP contribution >= 0.6 is 15.9 Å². The van der Waals surface area contributed by atoms with Gasteiger partial charge in [0.1, 0.15) is 0 Å². The van der Waals surface area contributed by atoms with Crippen LogP contribution in [0.5, 0.6) is 0 Å². The quantitative estimate of drug-likeness (QED) is 0.867. The summed E-state index contributed by atoms with van der Waals surface area (Å²) in [6.07, 6.45) is 5.42. The normalized spacial score (nSPS) is 18.1. The molecule has 0 bridgehead atoms. The second kappa shape index (κ2) is 5.83. The minimum absolute atomic E-state index is 0.680. The van der Waals surface area contributed by atoms with Crippen LogP contribution in [0.25, 0.3) is 0 Å². The highest BCUT2D eigenvalue weighted by molar-refractivity contribution is 9.10. The average Bonchev–Trinajstić information content (AvgIpc) is 2.19. The van der Waals surface area contributed by atoms with Crippen molar-refractivity contribution in [2.75, 3.05) is 6.54 Å². The fourth-order valence-electron chi connectivity index (χ4n) is 2.38. The van der Waals surface area contributed by atoms with Gasteiger partial charge in [0.05, 0.1) is 0 Å². The van der Waals surface area contributed by atoms with Crippen molar-refractivity contribution in [2.45, 2.75) is 38.6 Å². The Morgan fingerprint density at radius 1 is 1.31 bits per heavy atom. The molecule has 1 unspecified atom stereocenters. The topological polar surface area (TPSA) is 12.0 Å². The Morgan fingerprint density at radius 3 is 2.50 bits per heavy atom. The molecule has 88 valence electrons. The minimum Gasteiger partial charge on any atom is -0.314 e. The summed E-state index contributed by atoms with van der Waals surface area (Å²) >= 11 is 3.48. The van der Waals surface area contributed by atoms with Gasteiger partial charge in [-0.15, -0.1) is 0 Å². The van der Waals surface area contributed by atoms with Crippen LogP contribution in [0, 0.1) is 5.92 Å². The van der Waals surface area contributed by atoms with Gasteiger partial charge in [-0.2, -0.15) is 0 Å². The van der Waals surface area contributed by atoms with Gasteiger partial charge in [0.15, 0.2) is 0 Å². The second-order valence-corrected chi connectivity index (χ2v) is 5.60. The molecule has 16 heavy (non-hydrogen) atoms. The number of nitrogens with one attached hydrogen (secondary N) is 1. The van der Waals surface area contributed by atoms with Crippen LogP contribution in [0.2, 0.25) is 0 Å². The lowest BCUT2D eigenvalue weighted by Gasteiger charge is -2.34. The third-order valence-corrected chi connectivity index (χ3v) is 4.08. The van der Waals surface area contributed by atoms with E-state index < -0.39 is 0 Å². The molecule has 1 fully saturated rings. The standard InChI is InChI=1S/C14H20BrN/c1-2-16-14(12-4-3-5-12)10-11-6-8-13(15)9-7-11/h6-9,12,14,16H,2-5,10H2,1H3. The summed E-state index contributed by atoms with van der Waals surface area (Å²) in [6.45, 7) is 3.28. The van der Waals surface area contributed by atoms with Gasteiger partial charge >= 0.3 is 0 Å². The number of rotatable bonds is 5. The van der Waals surface area contributed by atoms with E-state index in [1.165, 1.54) is 35.7 Å². The zero-order valence-electron chi connectivity index (χ0n) is 9.88. The molecule has 1 atom stereocenters. The predicted octanol–water partition coefficient (Wildman–Crippen LogP) is 3.77. The van der Waals surface area contributed by atoms with E-state index in [0.29, 0.717) is 6.04 Å². The van der Waals surface area contributed by atoms with E-state index in [1.807, 2.05) is 0 Å². The summed E-state index contributed by atoms with van der Waals surface area (Å²) in [5, 5.41) is 3.64. The van der Waals surface area contributed by atoms with Crippen LogP contribution < -0.4 is 5.32 Å². The minimum atomic E-state index is 0.680. The van der Waals surface area contributed by atoms with Crippen molar-refractivity contribution < 1.29 is 0 Å². The lowest BCUT2D eigenvalue weighted by molar-refractivity contribution is 0.229. The highest BCUT2D eigenvalue weighted by Crippen LogP contribution is 2.31. The van der Waals surface area contributed by atoms with E-state index in [4.69, 9.17) is 0 Å². The Kier molecular flexibility index (Phi) is 4.42. The van der Waals surface area contributed by atoms with Crippen molar-refractivity contribution in [3.63, 3.8) is 0 Å². The summed E-state index contributed by atoms with van der Waals surface area (Å²) in [5.41, 5.74) is 1.45. The zero-order chi connectivity index (χ0) is 11.4. The molecule has 1 aromatic carbocycles. The summed E-state index contributed by atoms with van der Waals surface area (Å²) in [6, 6.07) is 9.42. The van der Waals surface area contributed by atoms with E-state index in [0.717, 1.165) is 12.5 Å². The van der Waals surface area contributed by atoms with Crippen LogP contribution in [-0.2, 0) is 6.42 Å². The SMILES string of the molecule is CCNC(Cc1ccc(Br)cc1)C1CCC1. The first-order chi connectivity index (χ1) is 7.79. The van der Waals surface area contributed by atoms with Crippen LogP contribution in [0.4, 0.5) is 0 Å². The summed E-state index contributed by atoms with van der Waals surface area (Å²) in [5.74, 6) is 0.906. The van der Waals surface area contributed by atoms with Crippen molar-refractivity contribution in [3.05, 3.63) is 34.3 Å². The zero-order valence-corrected chi connectivity index (χ0v) is 11.5. The summed E-state index contributed by atoms with van der Waals surface area (Å²) < 4.78 is 1.17. The average molecular weight is 282 g/mol. The maximum Gasteiger partial charge on any atom is 0.0175 e. The second-order valence-electron chi connectivity index (χ2n) is 4.69. The molecule has 2 heteroatoms. The molecular formula is C14H20BrN. The molecule has 1 saturated carbocycles. The molecule has 0 radical (unpaired) electrons. The maximum atomic E-state index is 3.64. The van der Waals surface area contributed by atoms with E-state index in [1.54, 1.807) is 0 Å². The molecule has 0 saturated heterocycles. The highest BCUT2D eigenvalue weighted by Gasteiger charge is 2.26. The number of halogens is 1. The van der Waals surface area contributed by atoms with E-state index >= 15 is 0 Å². The van der Waals surface area contributed by atoms with Gasteiger partial charge in [-0.3, -0.25) is 0 Å². The van der Waals surface area contributed by atoms with Gasteiger partial charge in [0.2, 0.25) is 0 Å². The maximum absolute atomic E-state index is 3.64. The molecule has 1 N–H and O–H groups in total. The first-order valence-corrected chi connectivity index (χ1v) is 7.06. The Bertz CT molecular complexity index is 316. The summed E-state index contributed by atoms with van der Waals surface area (Å²) in [4.78, 5) is 0. The molecule has 0 amide bonds. The largest absolute Gasteiger partial charge is 0.314 e. The van der Waals surface area contributed by atoms with Crippen molar-refractivity contribution in [3.8, 4) is 0 Å². The van der Waals surface area contributed by atoms with Gasteiger partial charge in [-0.1, -0.05) is 41.4 Å².